The van der Waals surface area contributed by atoms with Crippen molar-refractivity contribution in [1.29, 1.82) is 0 Å². The Morgan fingerprint density at radius 2 is 2.38 bits per heavy atom. The molecule has 0 atom stereocenters. The first-order valence-electron chi connectivity index (χ1n) is 5.07. The monoisotopic (exact) mass is 220 g/mol. The highest BCUT2D eigenvalue weighted by Crippen LogP contribution is 2.31. The normalized spacial score (nSPS) is 14.4. The van der Waals surface area contributed by atoms with Gasteiger partial charge in [0.25, 0.3) is 0 Å². The van der Waals surface area contributed by atoms with Gasteiger partial charge in [0.05, 0.1) is 17.9 Å². The molecule has 1 aromatic rings. The Kier molecular flexibility index (Phi) is 2.64. The van der Waals surface area contributed by atoms with Gasteiger partial charge >= 0.3 is 0 Å². The number of halogens is 1. The fourth-order valence-electron chi connectivity index (χ4n) is 1.80. The summed E-state index contributed by atoms with van der Waals surface area (Å²) in [7, 11) is 0. The molecule has 1 aliphatic rings. The molecule has 2 rings (SSSR count). The summed E-state index contributed by atoms with van der Waals surface area (Å²) >= 11 is 0. The summed E-state index contributed by atoms with van der Waals surface area (Å²) in [5.74, 6) is -0.433. The molecule has 84 valence electrons. The lowest BCUT2D eigenvalue weighted by Crippen LogP contribution is -2.38. The number of fused-ring (bicyclic) bond motifs is 1. The van der Waals surface area contributed by atoms with Crippen molar-refractivity contribution in [3.8, 4) is 0 Å². The van der Waals surface area contributed by atoms with E-state index in [1.54, 1.807) is 19.1 Å². The second kappa shape index (κ2) is 3.96. The van der Waals surface area contributed by atoms with Gasteiger partial charge in [-0.3, -0.25) is 4.79 Å². The zero-order chi connectivity index (χ0) is 11.7. The van der Waals surface area contributed by atoms with Crippen LogP contribution in [0.1, 0.15) is 5.56 Å². The second-order valence-corrected chi connectivity index (χ2v) is 3.84. The first-order valence-corrected chi connectivity index (χ1v) is 5.07. The molecule has 1 N–H and O–H groups in total. The predicted octanol–water partition coefficient (Wildman–Crippen LogP) is 2.08. The third-order valence-electron chi connectivity index (χ3n) is 2.58. The van der Waals surface area contributed by atoms with Crippen LogP contribution in [0, 0.1) is 12.7 Å². The van der Waals surface area contributed by atoms with Crippen LogP contribution >= 0.6 is 0 Å². The molecule has 0 radical (unpaired) electrons. The van der Waals surface area contributed by atoms with Crippen LogP contribution in [-0.4, -0.2) is 19.0 Å². The molecular formula is C12H13FN2O. The highest BCUT2D eigenvalue weighted by molar-refractivity contribution is 6.01. The molecule has 0 aromatic heterocycles. The minimum Gasteiger partial charge on any atom is -0.357 e. The van der Waals surface area contributed by atoms with E-state index < -0.39 is 0 Å². The van der Waals surface area contributed by atoms with Gasteiger partial charge in [-0.15, -0.1) is 6.58 Å². The summed E-state index contributed by atoms with van der Waals surface area (Å²) in [6.07, 6.45) is 1.72. The Hall–Kier alpha value is -1.84. The number of rotatable bonds is 2. The number of anilines is 2. The Balaban J connectivity index is 2.48. The van der Waals surface area contributed by atoms with Gasteiger partial charge in [0.1, 0.15) is 5.82 Å². The average molecular weight is 220 g/mol. The number of hydrogen-bond acceptors (Lipinski definition) is 2. The lowest BCUT2D eigenvalue weighted by molar-refractivity contribution is -0.115. The Morgan fingerprint density at radius 3 is 3.06 bits per heavy atom. The number of nitrogens with one attached hydrogen (secondary N) is 1. The van der Waals surface area contributed by atoms with Crippen LogP contribution in [0.4, 0.5) is 15.8 Å². The minimum atomic E-state index is -0.306. The molecule has 4 heteroatoms. The van der Waals surface area contributed by atoms with Crippen LogP contribution in [0.5, 0.6) is 0 Å². The molecule has 16 heavy (non-hydrogen) atoms. The lowest BCUT2D eigenvalue weighted by Gasteiger charge is -2.30. The largest absolute Gasteiger partial charge is 0.357 e. The number of aryl methyl sites for hydroxylation is 1. The van der Waals surface area contributed by atoms with E-state index in [9.17, 15) is 9.18 Å². The number of carbonyl (C=O) groups is 1. The van der Waals surface area contributed by atoms with E-state index in [0.29, 0.717) is 17.8 Å². The first-order chi connectivity index (χ1) is 7.61. The highest BCUT2D eigenvalue weighted by atomic mass is 19.1. The molecule has 0 saturated heterocycles. The molecule has 1 amide bonds. The quantitative estimate of drug-likeness (QED) is 0.774. The number of carbonyl (C=O) groups excluding carboxylic acids is 1. The summed E-state index contributed by atoms with van der Waals surface area (Å²) in [6, 6.07) is 3.10. The van der Waals surface area contributed by atoms with Crippen LogP contribution in [0.3, 0.4) is 0 Å². The zero-order valence-corrected chi connectivity index (χ0v) is 9.09. The third-order valence-corrected chi connectivity index (χ3v) is 2.58. The molecule has 1 heterocycles. The van der Waals surface area contributed by atoms with Crippen molar-refractivity contribution in [3.63, 3.8) is 0 Å². The molecule has 0 unspecified atom stereocenters. The molecule has 0 aliphatic carbocycles. The highest BCUT2D eigenvalue weighted by Gasteiger charge is 2.22. The van der Waals surface area contributed by atoms with Crippen molar-refractivity contribution in [1.82, 2.24) is 0 Å². The van der Waals surface area contributed by atoms with Crippen LogP contribution in [0.15, 0.2) is 24.8 Å². The molecule has 0 bridgehead atoms. The maximum atomic E-state index is 13.4. The van der Waals surface area contributed by atoms with Crippen molar-refractivity contribution in [2.75, 3.05) is 23.3 Å². The average Bonchev–Trinajstić information content (AvgIpc) is 2.21. The van der Waals surface area contributed by atoms with Gasteiger partial charge in [-0.25, -0.2) is 4.39 Å². The SMILES string of the molecule is C=CCN1CC(=O)Nc2cc(F)c(C)cc21. The minimum absolute atomic E-state index is 0.127. The molecule has 0 saturated carbocycles. The summed E-state index contributed by atoms with van der Waals surface area (Å²) in [4.78, 5) is 13.3. The second-order valence-electron chi connectivity index (χ2n) is 3.84. The summed E-state index contributed by atoms with van der Waals surface area (Å²) in [5.41, 5.74) is 1.95. The summed E-state index contributed by atoms with van der Waals surface area (Å²) < 4.78 is 13.4. The number of benzene rings is 1. The first kappa shape index (κ1) is 10.7. The van der Waals surface area contributed by atoms with Crippen molar-refractivity contribution < 1.29 is 9.18 Å². The third kappa shape index (κ3) is 1.78. The van der Waals surface area contributed by atoms with Gasteiger partial charge in [0.2, 0.25) is 5.91 Å². The molecule has 0 fully saturated rings. The van der Waals surface area contributed by atoms with Gasteiger partial charge in [-0.05, 0) is 24.6 Å². The van der Waals surface area contributed by atoms with Crippen LogP contribution in [0.25, 0.3) is 0 Å². The van der Waals surface area contributed by atoms with Crippen molar-refractivity contribution in [3.05, 3.63) is 36.2 Å². The topological polar surface area (TPSA) is 32.3 Å². The van der Waals surface area contributed by atoms with E-state index in [2.05, 4.69) is 11.9 Å². The van der Waals surface area contributed by atoms with E-state index in [-0.39, 0.29) is 18.3 Å². The van der Waals surface area contributed by atoms with Crippen LogP contribution < -0.4 is 10.2 Å². The van der Waals surface area contributed by atoms with Gasteiger partial charge in [0.15, 0.2) is 0 Å². The van der Waals surface area contributed by atoms with E-state index in [0.717, 1.165) is 5.69 Å². The number of amides is 1. The Morgan fingerprint density at radius 1 is 1.62 bits per heavy atom. The van der Waals surface area contributed by atoms with Gasteiger partial charge < -0.3 is 10.2 Å². The van der Waals surface area contributed by atoms with Crippen LogP contribution in [0.2, 0.25) is 0 Å². The number of nitrogens with zero attached hydrogens (tertiary/aromatic N) is 1. The molecule has 1 aliphatic heterocycles. The summed E-state index contributed by atoms with van der Waals surface area (Å²) in [6.45, 7) is 6.21. The van der Waals surface area contributed by atoms with E-state index >= 15 is 0 Å². The maximum Gasteiger partial charge on any atom is 0.243 e. The van der Waals surface area contributed by atoms with Gasteiger partial charge in [0, 0.05) is 6.54 Å². The van der Waals surface area contributed by atoms with E-state index in [1.165, 1.54) is 6.07 Å². The number of hydrogen-bond donors (Lipinski definition) is 1. The van der Waals surface area contributed by atoms with E-state index in [4.69, 9.17) is 0 Å². The Bertz CT molecular complexity index is 457. The fourth-order valence-corrected chi connectivity index (χ4v) is 1.80. The predicted molar refractivity (Wildman–Crippen MR) is 62.2 cm³/mol. The van der Waals surface area contributed by atoms with Crippen molar-refractivity contribution in [2.24, 2.45) is 0 Å². The summed E-state index contributed by atoms with van der Waals surface area (Å²) in [5, 5.41) is 2.66. The Labute approximate surface area is 93.6 Å². The van der Waals surface area contributed by atoms with Crippen molar-refractivity contribution in [2.45, 2.75) is 6.92 Å². The zero-order valence-electron chi connectivity index (χ0n) is 9.09. The van der Waals surface area contributed by atoms with Gasteiger partial charge in [-0.1, -0.05) is 6.08 Å². The van der Waals surface area contributed by atoms with Crippen LogP contribution in [-0.2, 0) is 4.79 Å². The standard InChI is InChI=1S/C12H13FN2O/c1-3-4-15-7-12(16)14-10-6-9(13)8(2)5-11(10)15/h3,5-6H,1,4,7H2,2H3,(H,14,16). The lowest BCUT2D eigenvalue weighted by atomic mass is 10.1. The van der Waals surface area contributed by atoms with Crippen molar-refractivity contribution >= 4 is 17.3 Å². The van der Waals surface area contributed by atoms with E-state index in [1.807, 2.05) is 4.90 Å². The molecule has 3 nitrogen and oxygen atoms in total. The molecular weight excluding hydrogens is 207 g/mol. The smallest absolute Gasteiger partial charge is 0.243 e. The molecule has 0 spiro atoms. The fraction of sp³-hybridized carbons (Fsp3) is 0.250. The molecule has 1 aromatic carbocycles. The maximum absolute atomic E-state index is 13.4. The van der Waals surface area contributed by atoms with Gasteiger partial charge in [-0.2, -0.15) is 0 Å².